The molecule has 0 aliphatic heterocycles. The number of hydrogen-bond donors (Lipinski definition) is 1. The lowest BCUT2D eigenvalue weighted by Crippen LogP contribution is -2.15. The van der Waals surface area contributed by atoms with Gasteiger partial charge >= 0.3 is 0 Å². The summed E-state index contributed by atoms with van der Waals surface area (Å²) in [6, 6.07) is 0. The van der Waals surface area contributed by atoms with Crippen molar-refractivity contribution in [1.82, 2.24) is 9.55 Å². The second kappa shape index (κ2) is 8.14. The van der Waals surface area contributed by atoms with Gasteiger partial charge in [-0.25, -0.2) is 4.98 Å². The Morgan fingerprint density at radius 1 is 1.22 bits per heavy atom. The molecule has 0 saturated heterocycles. The SMILES string of the molecule is CC(C)CCOCCNc1nccn1CC(C)C. The van der Waals surface area contributed by atoms with Crippen molar-refractivity contribution in [3.63, 3.8) is 0 Å². The third kappa shape index (κ3) is 6.05. The smallest absolute Gasteiger partial charge is 0.202 e. The number of anilines is 1. The molecule has 0 unspecified atom stereocenters. The molecule has 104 valence electrons. The van der Waals surface area contributed by atoms with Crippen LogP contribution in [0.4, 0.5) is 5.95 Å². The number of hydrogen-bond acceptors (Lipinski definition) is 3. The molecule has 0 spiro atoms. The first-order valence-corrected chi connectivity index (χ1v) is 6.92. The fourth-order valence-corrected chi connectivity index (χ4v) is 1.67. The van der Waals surface area contributed by atoms with Crippen LogP contribution in [0.15, 0.2) is 12.4 Å². The Hall–Kier alpha value is -1.03. The van der Waals surface area contributed by atoms with E-state index < -0.39 is 0 Å². The predicted octanol–water partition coefficient (Wildman–Crippen LogP) is 3.01. The summed E-state index contributed by atoms with van der Waals surface area (Å²) in [6.45, 7) is 12.2. The molecule has 0 saturated carbocycles. The van der Waals surface area contributed by atoms with Crippen molar-refractivity contribution in [1.29, 1.82) is 0 Å². The lowest BCUT2D eigenvalue weighted by Gasteiger charge is -2.12. The lowest BCUT2D eigenvalue weighted by molar-refractivity contribution is 0.132. The van der Waals surface area contributed by atoms with E-state index in [1.54, 1.807) is 0 Å². The van der Waals surface area contributed by atoms with Crippen molar-refractivity contribution >= 4 is 5.95 Å². The molecule has 0 aliphatic rings. The fraction of sp³-hybridized carbons (Fsp3) is 0.786. The summed E-state index contributed by atoms with van der Waals surface area (Å²) in [6.07, 6.45) is 4.98. The highest BCUT2D eigenvalue weighted by Crippen LogP contribution is 2.07. The quantitative estimate of drug-likeness (QED) is 0.688. The normalized spacial score (nSPS) is 11.4. The van der Waals surface area contributed by atoms with E-state index in [1.807, 2.05) is 12.4 Å². The molecule has 18 heavy (non-hydrogen) atoms. The average Bonchev–Trinajstić information content (AvgIpc) is 2.69. The van der Waals surface area contributed by atoms with Gasteiger partial charge in [0.2, 0.25) is 5.95 Å². The summed E-state index contributed by atoms with van der Waals surface area (Å²) in [4.78, 5) is 4.31. The van der Waals surface area contributed by atoms with Crippen LogP contribution in [-0.4, -0.2) is 29.3 Å². The Labute approximate surface area is 111 Å². The van der Waals surface area contributed by atoms with Crippen LogP contribution < -0.4 is 5.32 Å². The minimum atomic E-state index is 0.627. The predicted molar refractivity (Wildman–Crippen MR) is 75.8 cm³/mol. The number of aromatic nitrogens is 2. The highest BCUT2D eigenvalue weighted by atomic mass is 16.5. The van der Waals surface area contributed by atoms with Gasteiger partial charge in [-0.2, -0.15) is 0 Å². The Kier molecular flexibility index (Phi) is 6.80. The Bertz CT molecular complexity index is 321. The van der Waals surface area contributed by atoms with Crippen molar-refractivity contribution < 1.29 is 4.74 Å². The standard InChI is InChI=1S/C14H27N3O/c1-12(2)5-9-18-10-7-16-14-15-6-8-17(14)11-13(3)4/h6,8,12-13H,5,7,9-11H2,1-4H3,(H,15,16). The third-order valence-corrected chi connectivity index (χ3v) is 2.65. The van der Waals surface area contributed by atoms with E-state index in [2.05, 4.69) is 42.6 Å². The molecule has 1 aromatic rings. The molecular weight excluding hydrogens is 226 g/mol. The fourth-order valence-electron chi connectivity index (χ4n) is 1.67. The van der Waals surface area contributed by atoms with Gasteiger partial charge < -0.3 is 14.6 Å². The zero-order chi connectivity index (χ0) is 13.4. The molecule has 4 nitrogen and oxygen atoms in total. The molecule has 4 heteroatoms. The van der Waals surface area contributed by atoms with E-state index in [9.17, 15) is 0 Å². The van der Waals surface area contributed by atoms with E-state index >= 15 is 0 Å². The summed E-state index contributed by atoms with van der Waals surface area (Å²) in [5.41, 5.74) is 0. The zero-order valence-corrected chi connectivity index (χ0v) is 12.1. The van der Waals surface area contributed by atoms with Gasteiger partial charge in [0.1, 0.15) is 0 Å². The van der Waals surface area contributed by atoms with E-state index in [0.717, 1.165) is 38.7 Å². The van der Waals surface area contributed by atoms with Crippen LogP contribution in [0.25, 0.3) is 0 Å². The minimum Gasteiger partial charge on any atom is -0.380 e. The Balaban J connectivity index is 2.17. The minimum absolute atomic E-state index is 0.627. The van der Waals surface area contributed by atoms with E-state index in [4.69, 9.17) is 4.74 Å². The van der Waals surface area contributed by atoms with Crippen LogP contribution in [-0.2, 0) is 11.3 Å². The van der Waals surface area contributed by atoms with Crippen LogP contribution in [0.5, 0.6) is 0 Å². The lowest BCUT2D eigenvalue weighted by atomic mass is 10.1. The summed E-state index contributed by atoms with van der Waals surface area (Å²) in [5.74, 6) is 2.28. The van der Waals surface area contributed by atoms with Gasteiger partial charge in [-0.05, 0) is 18.3 Å². The topological polar surface area (TPSA) is 39.1 Å². The number of imidazole rings is 1. The summed E-state index contributed by atoms with van der Waals surface area (Å²) in [7, 11) is 0. The molecule has 0 aliphatic carbocycles. The van der Waals surface area contributed by atoms with Crippen LogP contribution in [0.2, 0.25) is 0 Å². The summed E-state index contributed by atoms with van der Waals surface area (Å²) in [5, 5.41) is 3.31. The number of nitrogens with one attached hydrogen (secondary N) is 1. The Morgan fingerprint density at radius 2 is 2.00 bits per heavy atom. The van der Waals surface area contributed by atoms with Gasteiger partial charge in [0.15, 0.2) is 0 Å². The second-order valence-electron chi connectivity index (χ2n) is 5.52. The molecular formula is C14H27N3O. The maximum absolute atomic E-state index is 5.56. The largest absolute Gasteiger partial charge is 0.380 e. The number of nitrogens with zero attached hydrogens (tertiary/aromatic N) is 2. The number of rotatable bonds is 9. The highest BCUT2D eigenvalue weighted by molar-refractivity contribution is 5.25. The Morgan fingerprint density at radius 3 is 2.67 bits per heavy atom. The molecule has 1 heterocycles. The average molecular weight is 253 g/mol. The monoisotopic (exact) mass is 253 g/mol. The molecule has 0 bridgehead atoms. The maximum Gasteiger partial charge on any atom is 0.202 e. The molecule has 1 N–H and O–H groups in total. The van der Waals surface area contributed by atoms with Gasteiger partial charge in [0.25, 0.3) is 0 Å². The van der Waals surface area contributed by atoms with Crippen molar-refractivity contribution in [3.8, 4) is 0 Å². The van der Waals surface area contributed by atoms with Crippen LogP contribution in [0, 0.1) is 11.8 Å². The van der Waals surface area contributed by atoms with Crippen molar-refractivity contribution in [3.05, 3.63) is 12.4 Å². The van der Waals surface area contributed by atoms with Crippen molar-refractivity contribution in [2.24, 2.45) is 11.8 Å². The molecule has 0 aromatic carbocycles. The first-order valence-electron chi connectivity index (χ1n) is 6.92. The van der Waals surface area contributed by atoms with Gasteiger partial charge in [0, 0.05) is 32.1 Å². The number of ether oxygens (including phenoxy) is 1. The molecule has 1 rings (SSSR count). The molecule has 0 fully saturated rings. The highest BCUT2D eigenvalue weighted by Gasteiger charge is 2.03. The van der Waals surface area contributed by atoms with Gasteiger partial charge in [-0.3, -0.25) is 0 Å². The van der Waals surface area contributed by atoms with Gasteiger partial charge in [-0.15, -0.1) is 0 Å². The molecule has 0 amide bonds. The third-order valence-electron chi connectivity index (χ3n) is 2.65. The zero-order valence-electron chi connectivity index (χ0n) is 12.1. The second-order valence-corrected chi connectivity index (χ2v) is 5.52. The maximum atomic E-state index is 5.56. The van der Waals surface area contributed by atoms with Crippen molar-refractivity contribution in [2.45, 2.75) is 40.7 Å². The van der Waals surface area contributed by atoms with Crippen LogP contribution in [0.1, 0.15) is 34.1 Å². The van der Waals surface area contributed by atoms with Gasteiger partial charge in [0.05, 0.1) is 6.61 Å². The van der Waals surface area contributed by atoms with Crippen LogP contribution in [0.3, 0.4) is 0 Å². The summed E-state index contributed by atoms with van der Waals surface area (Å²) >= 11 is 0. The van der Waals surface area contributed by atoms with Crippen molar-refractivity contribution in [2.75, 3.05) is 25.1 Å². The van der Waals surface area contributed by atoms with Gasteiger partial charge in [-0.1, -0.05) is 27.7 Å². The van der Waals surface area contributed by atoms with E-state index in [0.29, 0.717) is 11.8 Å². The van der Waals surface area contributed by atoms with E-state index in [-0.39, 0.29) is 0 Å². The first kappa shape index (κ1) is 15.0. The van der Waals surface area contributed by atoms with Crippen LogP contribution >= 0.6 is 0 Å². The summed E-state index contributed by atoms with van der Waals surface area (Å²) < 4.78 is 7.72. The first-order chi connectivity index (χ1) is 8.59. The molecule has 1 aromatic heterocycles. The molecule has 0 atom stereocenters. The van der Waals surface area contributed by atoms with E-state index in [1.165, 1.54) is 0 Å². The molecule has 0 radical (unpaired) electrons.